The Labute approximate surface area is 123 Å². The molecule has 0 radical (unpaired) electrons. The van der Waals surface area contributed by atoms with Crippen LogP contribution in [0.4, 0.5) is 0 Å². The fourth-order valence-corrected chi connectivity index (χ4v) is 2.53. The van der Waals surface area contributed by atoms with Gasteiger partial charge < -0.3 is 5.73 Å². The number of imide groups is 1. The number of carbonyl (C=O) groups excluding carboxylic acids is 2. The largest absolute Gasteiger partial charge is 0.389 e. The molecule has 0 saturated carbocycles. The third kappa shape index (κ3) is 3.04. The monoisotopic (exact) mass is 290 g/mol. The second kappa shape index (κ2) is 5.71. The van der Waals surface area contributed by atoms with Crippen molar-refractivity contribution in [2.24, 2.45) is 11.7 Å². The van der Waals surface area contributed by atoms with Crippen molar-refractivity contribution in [3.8, 4) is 0 Å². The van der Waals surface area contributed by atoms with E-state index < -0.39 is 0 Å². The lowest BCUT2D eigenvalue weighted by Gasteiger charge is -2.28. The summed E-state index contributed by atoms with van der Waals surface area (Å²) in [6.07, 6.45) is 0.880. The van der Waals surface area contributed by atoms with E-state index in [4.69, 9.17) is 18.0 Å². The predicted molar refractivity (Wildman–Crippen MR) is 81.0 cm³/mol. The molecule has 106 valence electrons. The van der Waals surface area contributed by atoms with Crippen molar-refractivity contribution < 1.29 is 9.59 Å². The van der Waals surface area contributed by atoms with Gasteiger partial charge in [0.05, 0.1) is 6.54 Å². The fourth-order valence-electron chi connectivity index (χ4n) is 2.40. The normalized spacial score (nSPS) is 16.6. The van der Waals surface area contributed by atoms with Gasteiger partial charge >= 0.3 is 0 Å². The summed E-state index contributed by atoms with van der Waals surface area (Å²) in [5.41, 5.74) is 8.31. The van der Waals surface area contributed by atoms with Gasteiger partial charge in [-0.3, -0.25) is 14.5 Å². The van der Waals surface area contributed by atoms with E-state index in [9.17, 15) is 9.59 Å². The van der Waals surface area contributed by atoms with Gasteiger partial charge in [-0.1, -0.05) is 31.3 Å². The molecule has 1 saturated heterocycles. The number of hydrogen-bond acceptors (Lipinski definition) is 3. The van der Waals surface area contributed by atoms with Crippen molar-refractivity contribution in [2.45, 2.75) is 33.2 Å². The molecule has 1 aliphatic heterocycles. The highest BCUT2D eigenvalue weighted by Gasteiger charge is 2.30. The van der Waals surface area contributed by atoms with E-state index in [1.54, 1.807) is 0 Å². The zero-order chi connectivity index (χ0) is 14.9. The number of carbonyl (C=O) groups is 2. The van der Waals surface area contributed by atoms with E-state index in [0.717, 1.165) is 16.7 Å². The van der Waals surface area contributed by atoms with Crippen LogP contribution < -0.4 is 5.73 Å². The predicted octanol–water partition coefficient (Wildman–Crippen LogP) is 1.91. The van der Waals surface area contributed by atoms with Gasteiger partial charge in [0.2, 0.25) is 11.8 Å². The maximum atomic E-state index is 12.0. The summed E-state index contributed by atoms with van der Waals surface area (Å²) in [6.45, 7) is 4.18. The Morgan fingerprint density at radius 1 is 1.35 bits per heavy atom. The van der Waals surface area contributed by atoms with Gasteiger partial charge in [0, 0.05) is 18.4 Å². The molecule has 0 atom stereocenters. The van der Waals surface area contributed by atoms with Crippen molar-refractivity contribution in [3.63, 3.8) is 0 Å². The molecule has 1 heterocycles. The molecule has 4 nitrogen and oxygen atoms in total. The first kappa shape index (κ1) is 14.7. The number of likely N-dealkylation sites (tertiary alicyclic amines) is 1. The second-order valence-corrected chi connectivity index (χ2v) is 5.83. The Morgan fingerprint density at radius 3 is 2.45 bits per heavy atom. The summed E-state index contributed by atoms with van der Waals surface area (Å²) in [4.78, 5) is 25.6. The summed E-state index contributed by atoms with van der Waals surface area (Å²) >= 11 is 4.94. The van der Waals surface area contributed by atoms with Crippen LogP contribution in [0.5, 0.6) is 0 Å². The van der Waals surface area contributed by atoms with Gasteiger partial charge in [-0.25, -0.2) is 0 Å². The van der Waals surface area contributed by atoms with E-state index in [1.165, 1.54) is 4.90 Å². The summed E-state index contributed by atoms with van der Waals surface area (Å²) in [6, 6.07) is 5.59. The van der Waals surface area contributed by atoms with Crippen molar-refractivity contribution >= 4 is 29.0 Å². The third-order valence-electron chi connectivity index (χ3n) is 3.60. The fraction of sp³-hybridized carbons (Fsp3) is 0.400. The Morgan fingerprint density at radius 2 is 1.95 bits per heavy atom. The second-order valence-electron chi connectivity index (χ2n) is 5.39. The first-order valence-corrected chi connectivity index (χ1v) is 7.02. The van der Waals surface area contributed by atoms with Gasteiger partial charge in [0.1, 0.15) is 4.99 Å². The molecule has 0 aromatic heterocycles. The third-order valence-corrected chi connectivity index (χ3v) is 3.84. The Balaban J connectivity index is 2.19. The van der Waals surface area contributed by atoms with Crippen molar-refractivity contribution in [3.05, 3.63) is 34.9 Å². The molecule has 0 unspecified atom stereocenters. The average Bonchev–Trinajstić information content (AvgIpc) is 2.34. The van der Waals surface area contributed by atoms with Crippen molar-refractivity contribution in [2.75, 3.05) is 0 Å². The number of nitrogens with zero attached hydrogens (tertiary/aromatic N) is 1. The summed E-state index contributed by atoms with van der Waals surface area (Å²) < 4.78 is 0. The number of aryl methyl sites for hydroxylation is 1. The van der Waals surface area contributed by atoms with Crippen LogP contribution in [-0.2, 0) is 16.1 Å². The van der Waals surface area contributed by atoms with Crippen molar-refractivity contribution in [1.29, 1.82) is 0 Å². The SMILES string of the molecule is Cc1cc(C(N)=S)ccc1CN1C(=O)CC(C)CC1=O. The molecule has 2 N–H and O–H groups in total. The minimum Gasteiger partial charge on any atom is -0.389 e. The number of rotatable bonds is 3. The zero-order valence-corrected chi connectivity index (χ0v) is 12.5. The topological polar surface area (TPSA) is 63.4 Å². The number of benzene rings is 1. The van der Waals surface area contributed by atoms with Gasteiger partial charge in [-0.2, -0.15) is 0 Å². The smallest absolute Gasteiger partial charge is 0.229 e. The van der Waals surface area contributed by atoms with Gasteiger partial charge in [0.15, 0.2) is 0 Å². The highest BCUT2D eigenvalue weighted by molar-refractivity contribution is 7.80. The molecule has 0 aliphatic carbocycles. The maximum absolute atomic E-state index is 12.0. The summed E-state index contributed by atoms with van der Waals surface area (Å²) in [5.74, 6) is -0.0394. The van der Waals surface area contributed by atoms with E-state index >= 15 is 0 Å². The first-order valence-electron chi connectivity index (χ1n) is 6.61. The molecule has 1 aromatic carbocycles. The molecule has 0 spiro atoms. The molecule has 2 amide bonds. The van der Waals surface area contributed by atoms with Crippen LogP contribution in [0.1, 0.15) is 36.5 Å². The van der Waals surface area contributed by atoms with Crippen LogP contribution in [0.2, 0.25) is 0 Å². The number of thiocarbonyl (C=S) groups is 1. The number of piperidine rings is 1. The molecule has 0 bridgehead atoms. The lowest BCUT2D eigenvalue weighted by Crippen LogP contribution is -2.42. The number of amides is 2. The Bertz CT molecular complexity index is 565. The molecule has 20 heavy (non-hydrogen) atoms. The molecular formula is C15H18N2O2S. The zero-order valence-electron chi connectivity index (χ0n) is 11.7. The van der Waals surface area contributed by atoms with E-state index in [2.05, 4.69) is 0 Å². The lowest BCUT2D eigenvalue weighted by atomic mass is 9.96. The van der Waals surface area contributed by atoms with Gasteiger partial charge in [-0.05, 0) is 30.0 Å². The Kier molecular flexibility index (Phi) is 4.18. The van der Waals surface area contributed by atoms with Crippen LogP contribution in [-0.4, -0.2) is 21.7 Å². The minimum absolute atomic E-state index is 0.0911. The van der Waals surface area contributed by atoms with Crippen LogP contribution in [0.25, 0.3) is 0 Å². The van der Waals surface area contributed by atoms with E-state index in [1.807, 2.05) is 32.0 Å². The molecule has 1 aliphatic rings. The molecular weight excluding hydrogens is 272 g/mol. The van der Waals surface area contributed by atoms with Crippen LogP contribution in [0, 0.1) is 12.8 Å². The van der Waals surface area contributed by atoms with E-state index in [0.29, 0.717) is 24.4 Å². The maximum Gasteiger partial charge on any atom is 0.229 e. The van der Waals surface area contributed by atoms with Crippen molar-refractivity contribution in [1.82, 2.24) is 4.90 Å². The number of nitrogens with two attached hydrogens (primary N) is 1. The lowest BCUT2D eigenvalue weighted by molar-refractivity contribution is -0.150. The van der Waals surface area contributed by atoms with Gasteiger partial charge in [0.25, 0.3) is 0 Å². The summed E-state index contributed by atoms with van der Waals surface area (Å²) in [5, 5.41) is 0. The molecule has 2 rings (SSSR count). The average molecular weight is 290 g/mol. The highest BCUT2D eigenvalue weighted by Crippen LogP contribution is 2.22. The molecule has 1 aromatic rings. The van der Waals surface area contributed by atoms with E-state index in [-0.39, 0.29) is 17.7 Å². The highest BCUT2D eigenvalue weighted by atomic mass is 32.1. The van der Waals surface area contributed by atoms with Crippen LogP contribution in [0.3, 0.4) is 0 Å². The van der Waals surface area contributed by atoms with Crippen LogP contribution in [0.15, 0.2) is 18.2 Å². The Hall–Kier alpha value is -1.75. The first-order chi connectivity index (χ1) is 9.38. The number of hydrogen-bond donors (Lipinski definition) is 1. The van der Waals surface area contributed by atoms with Crippen LogP contribution >= 0.6 is 12.2 Å². The van der Waals surface area contributed by atoms with Gasteiger partial charge in [-0.15, -0.1) is 0 Å². The quantitative estimate of drug-likeness (QED) is 0.682. The standard InChI is InChI=1S/C15H18N2O2S/c1-9-5-13(18)17(14(19)6-9)8-12-4-3-11(15(16)20)7-10(12)2/h3-4,7,9H,5-6,8H2,1-2H3,(H2,16,20). The minimum atomic E-state index is -0.0911. The summed E-state index contributed by atoms with van der Waals surface area (Å²) in [7, 11) is 0. The molecule has 1 fully saturated rings. The molecule has 5 heteroatoms.